The fourth-order valence-corrected chi connectivity index (χ4v) is 2.09. The largest absolute Gasteiger partial charge is 0.476 e. The first kappa shape index (κ1) is 13.3. The molecule has 1 fully saturated rings. The van der Waals surface area contributed by atoms with Crippen LogP contribution in [0, 0.1) is 5.92 Å². The second kappa shape index (κ2) is 5.21. The second-order valence-electron chi connectivity index (χ2n) is 4.75. The summed E-state index contributed by atoms with van der Waals surface area (Å²) in [5, 5.41) is 8.73. The Kier molecular flexibility index (Phi) is 3.64. The molecule has 0 spiro atoms. The van der Waals surface area contributed by atoms with Crippen LogP contribution in [0.15, 0.2) is 12.5 Å². The fraction of sp³-hybridized carbons (Fsp3) is 0.500. The van der Waals surface area contributed by atoms with Gasteiger partial charge in [-0.2, -0.15) is 0 Å². The summed E-state index contributed by atoms with van der Waals surface area (Å²) in [4.78, 5) is 39.1. The van der Waals surface area contributed by atoms with Crippen molar-refractivity contribution < 1.29 is 19.5 Å². The minimum atomic E-state index is -1.10. The summed E-state index contributed by atoms with van der Waals surface area (Å²) in [6.45, 7) is 2.48. The Labute approximate surface area is 109 Å². The van der Waals surface area contributed by atoms with Crippen LogP contribution in [0.3, 0.4) is 0 Å². The highest BCUT2D eigenvalue weighted by atomic mass is 16.4. The molecule has 102 valence electrons. The molecule has 2 rings (SSSR count). The van der Waals surface area contributed by atoms with Crippen molar-refractivity contribution in [3.63, 3.8) is 0 Å². The Morgan fingerprint density at radius 3 is 2.53 bits per heavy atom. The Morgan fingerprint density at radius 1 is 1.37 bits per heavy atom. The van der Waals surface area contributed by atoms with Gasteiger partial charge in [-0.3, -0.25) is 14.5 Å². The van der Waals surface area contributed by atoms with Crippen molar-refractivity contribution in [1.29, 1.82) is 0 Å². The zero-order chi connectivity index (χ0) is 14.0. The molecule has 1 saturated heterocycles. The number of hydrogen-bond donors (Lipinski definition) is 1. The van der Waals surface area contributed by atoms with E-state index in [9.17, 15) is 14.4 Å². The monoisotopic (exact) mass is 265 g/mol. The molecule has 0 bridgehead atoms. The lowest BCUT2D eigenvalue weighted by Gasteiger charge is -2.28. The molecule has 1 aromatic heterocycles. The highest BCUT2D eigenvalue weighted by Gasteiger charge is 2.29. The van der Waals surface area contributed by atoms with Crippen molar-refractivity contribution in [2.45, 2.75) is 26.3 Å². The van der Waals surface area contributed by atoms with Gasteiger partial charge in [-0.1, -0.05) is 6.92 Å². The van der Waals surface area contributed by atoms with Crippen LogP contribution in [0.2, 0.25) is 0 Å². The highest BCUT2D eigenvalue weighted by Crippen LogP contribution is 2.18. The molecule has 0 radical (unpaired) electrons. The van der Waals surface area contributed by atoms with Crippen molar-refractivity contribution in [3.8, 4) is 0 Å². The first-order valence-corrected chi connectivity index (χ1v) is 6.05. The lowest BCUT2D eigenvalue weighted by Crippen LogP contribution is -2.44. The van der Waals surface area contributed by atoms with Crippen LogP contribution < -0.4 is 0 Å². The predicted octanol–water partition coefficient (Wildman–Crippen LogP) is 0.366. The number of carbonyl (C=O) groups excluding carboxylic acids is 2. The lowest BCUT2D eigenvalue weighted by molar-refractivity contribution is -0.149. The molecule has 1 aliphatic heterocycles. The number of rotatable bonds is 4. The number of imidazole rings is 1. The molecular weight excluding hydrogens is 250 g/mol. The van der Waals surface area contributed by atoms with Crippen molar-refractivity contribution in [1.82, 2.24) is 14.5 Å². The number of piperidine rings is 1. The van der Waals surface area contributed by atoms with Gasteiger partial charge in [-0.25, -0.2) is 9.78 Å². The number of carboxylic acids is 1. The summed E-state index contributed by atoms with van der Waals surface area (Å²) >= 11 is 0. The quantitative estimate of drug-likeness (QED) is 0.794. The van der Waals surface area contributed by atoms with E-state index in [-0.39, 0.29) is 30.0 Å². The van der Waals surface area contributed by atoms with Gasteiger partial charge in [0.05, 0.1) is 6.33 Å². The number of hydrogen-bond acceptors (Lipinski definition) is 4. The summed E-state index contributed by atoms with van der Waals surface area (Å²) in [6.07, 6.45) is 3.53. The van der Waals surface area contributed by atoms with Crippen LogP contribution in [0.5, 0.6) is 0 Å². The molecule has 0 atom stereocenters. The molecular formula is C12H15N3O4. The minimum Gasteiger partial charge on any atom is -0.476 e. The van der Waals surface area contributed by atoms with E-state index in [0.717, 1.165) is 0 Å². The smallest absolute Gasteiger partial charge is 0.356 e. The van der Waals surface area contributed by atoms with E-state index in [1.54, 1.807) is 4.57 Å². The van der Waals surface area contributed by atoms with Crippen LogP contribution in [0.4, 0.5) is 0 Å². The molecule has 0 unspecified atom stereocenters. The second-order valence-corrected chi connectivity index (χ2v) is 4.75. The Bertz CT molecular complexity index is 505. The first-order valence-electron chi connectivity index (χ1n) is 6.05. The molecule has 0 saturated carbocycles. The van der Waals surface area contributed by atoms with Crippen LogP contribution in [0.25, 0.3) is 0 Å². The summed E-state index contributed by atoms with van der Waals surface area (Å²) in [5.74, 6) is -1.33. The SMILES string of the molecule is CC1CC(=O)N(CCn2cnc(C(=O)O)c2)C(=O)C1. The average Bonchev–Trinajstić information content (AvgIpc) is 2.76. The molecule has 2 heterocycles. The first-order chi connectivity index (χ1) is 8.97. The number of nitrogens with zero attached hydrogens (tertiary/aromatic N) is 3. The molecule has 1 aromatic rings. The number of aromatic carboxylic acids is 1. The maximum absolute atomic E-state index is 11.7. The topological polar surface area (TPSA) is 92.5 Å². The van der Waals surface area contributed by atoms with Crippen LogP contribution in [0.1, 0.15) is 30.3 Å². The summed E-state index contributed by atoms with van der Waals surface area (Å²) in [6, 6.07) is 0. The van der Waals surface area contributed by atoms with Gasteiger partial charge in [-0.15, -0.1) is 0 Å². The Balaban J connectivity index is 1.96. The number of carbonyl (C=O) groups is 3. The number of likely N-dealkylation sites (tertiary alicyclic amines) is 1. The Morgan fingerprint density at radius 2 is 2.00 bits per heavy atom. The van der Waals surface area contributed by atoms with Gasteiger partial charge >= 0.3 is 5.97 Å². The number of carboxylic acid groups (broad SMARTS) is 1. The maximum Gasteiger partial charge on any atom is 0.356 e. The van der Waals surface area contributed by atoms with E-state index in [0.29, 0.717) is 19.4 Å². The van der Waals surface area contributed by atoms with Crippen LogP contribution >= 0.6 is 0 Å². The third kappa shape index (κ3) is 2.98. The van der Waals surface area contributed by atoms with Crippen LogP contribution in [-0.4, -0.2) is 43.9 Å². The zero-order valence-corrected chi connectivity index (χ0v) is 10.6. The predicted molar refractivity (Wildman–Crippen MR) is 64.3 cm³/mol. The molecule has 7 nitrogen and oxygen atoms in total. The lowest BCUT2D eigenvalue weighted by atomic mass is 9.98. The standard InChI is InChI=1S/C12H15N3O4/c1-8-4-10(16)15(11(17)5-8)3-2-14-6-9(12(18)19)13-7-14/h6-8H,2-5H2,1H3,(H,18,19). The van der Waals surface area contributed by atoms with Crippen molar-refractivity contribution >= 4 is 17.8 Å². The van der Waals surface area contributed by atoms with E-state index in [2.05, 4.69) is 4.98 Å². The molecule has 1 N–H and O–H groups in total. The van der Waals surface area contributed by atoms with Gasteiger partial charge in [0.2, 0.25) is 11.8 Å². The van der Waals surface area contributed by atoms with Crippen molar-refractivity contribution in [2.24, 2.45) is 5.92 Å². The summed E-state index contributed by atoms with van der Waals surface area (Å²) in [7, 11) is 0. The van der Waals surface area contributed by atoms with Gasteiger partial charge < -0.3 is 9.67 Å². The normalized spacial score (nSPS) is 17.0. The van der Waals surface area contributed by atoms with E-state index < -0.39 is 5.97 Å². The van der Waals surface area contributed by atoms with Gasteiger partial charge in [-0.05, 0) is 5.92 Å². The van der Waals surface area contributed by atoms with E-state index in [1.165, 1.54) is 17.4 Å². The summed E-state index contributed by atoms with van der Waals surface area (Å²) < 4.78 is 1.56. The third-order valence-corrected chi connectivity index (χ3v) is 3.08. The number of aromatic nitrogens is 2. The summed E-state index contributed by atoms with van der Waals surface area (Å²) in [5.41, 5.74) is -0.0510. The van der Waals surface area contributed by atoms with Crippen molar-refractivity contribution in [2.75, 3.05) is 6.54 Å². The van der Waals surface area contributed by atoms with Gasteiger partial charge in [0.25, 0.3) is 0 Å². The highest BCUT2D eigenvalue weighted by molar-refractivity contribution is 5.97. The van der Waals surface area contributed by atoms with E-state index in [1.807, 2.05) is 6.92 Å². The third-order valence-electron chi connectivity index (χ3n) is 3.08. The number of imide groups is 1. The van der Waals surface area contributed by atoms with Crippen LogP contribution in [-0.2, 0) is 16.1 Å². The molecule has 1 aliphatic rings. The molecule has 0 aromatic carbocycles. The maximum atomic E-state index is 11.7. The van der Waals surface area contributed by atoms with E-state index in [4.69, 9.17) is 5.11 Å². The number of amides is 2. The van der Waals surface area contributed by atoms with Gasteiger partial charge in [0.15, 0.2) is 5.69 Å². The molecule has 19 heavy (non-hydrogen) atoms. The van der Waals surface area contributed by atoms with Gasteiger partial charge in [0.1, 0.15) is 0 Å². The molecule has 2 amide bonds. The zero-order valence-electron chi connectivity index (χ0n) is 10.6. The Hall–Kier alpha value is -2.18. The average molecular weight is 265 g/mol. The minimum absolute atomic E-state index is 0.0510. The molecule has 0 aliphatic carbocycles. The molecule has 7 heteroatoms. The fourth-order valence-electron chi connectivity index (χ4n) is 2.09. The van der Waals surface area contributed by atoms with Crippen molar-refractivity contribution in [3.05, 3.63) is 18.2 Å². The van der Waals surface area contributed by atoms with Gasteiger partial charge in [0, 0.05) is 32.1 Å². The van der Waals surface area contributed by atoms with E-state index >= 15 is 0 Å².